The summed E-state index contributed by atoms with van der Waals surface area (Å²) in [6, 6.07) is 11.2. The van der Waals surface area contributed by atoms with E-state index in [9.17, 15) is 18.0 Å². The molecule has 32 heavy (non-hydrogen) atoms. The van der Waals surface area contributed by atoms with Gasteiger partial charge in [-0.1, -0.05) is 25.0 Å². The maximum absolute atomic E-state index is 12.7. The molecule has 0 aliphatic heterocycles. The van der Waals surface area contributed by atoms with E-state index in [1.165, 1.54) is 0 Å². The van der Waals surface area contributed by atoms with Crippen molar-refractivity contribution in [3.63, 3.8) is 0 Å². The molecule has 4 nitrogen and oxygen atoms in total. The molecule has 3 aromatic rings. The fraction of sp³-hybridized carbons (Fsp3) is 0.400. The van der Waals surface area contributed by atoms with E-state index >= 15 is 0 Å². The normalized spacial score (nSPS) is 21.5. The zero-order valence-electron chi connectivity index (χ0n) is 17.5. The van der Waals surface area contributed by atoms with Gasteiger partial charge < -0.3 is 15.0 Å². The molecule has 168 valence electrons. The van der Waals surface area contributed by atoms with Gasteiger partial charge in [-0.3, -0.25) is 4.79 Å². The van der Waals surface area contributed by atoms with Crippen molar-refractivity contribution in [1.82, 2.24) is 4.98 Å². The summed E-state index contributed by atoms with van der Waals surface area (Å²) in [7, 11) is 0. The molecule has 1 heterocycles. The van der Waals surface area contributed by atoms with Crippen molar-refractivity contribution < 1.29 is 22.7 Å². The van der Waals surface area contributed by atoms with Crippen LogP contribution in [0, 0.1) is 5.92 Å². The van der Waals surface area contributed by atoms with Crippen molar-refractivity contribution in [2.45, 2.75) is 56.7 Å². The first-order valence-corrected chi connectivity index (χ1v) is 11.1. The topological polar surface area (TPSA) is 54.1 Å². The lowest BCUT2D eigenvalue weighted by molar-refractivity contribution is -0.137. The number of anilines is 1. The highest BCUT2D eigenvalue weighted by Crippen LogP contribution is 2.41. The smallest absolute Gasteiger partial charge is 0.416 e. The highest BCUT2D eigenvalue weighted by atomic mass is 19.4. The molecule has 5 rings (SSSR count). The number of carbonyl (C=O) groups is 1. The fourth-order valence-electron chi connectivity index (χ4n) is 4.77. The number of rotatable bonds is 5. The molecule has 1 amide bonds. The number of hydrogen-bond acceptors (Lipinski definition) is 2. The molecule has 2 N–H and O–H groups in total. The van der Waals surface area contributed by atoms with Crippen LogP contribution in [0.2, 0.25) is 0 Å². The Kier molecular flexibility index (Phi) is 5.35. The van der Waals surface area contributed by atoms with E-state index < -0.39 is 11.7 Å². The number of carbonyl (C=O) groups excluding carboxylic acids is 1. The summed E-state index contributed by atoms with van der Waals surface area (Å²) >= 11 is 0. The van der Waals surface area contributed by atoms with Gasteiger partial charge in [-0.25, -0.2) is 0 Å². The van der Waals surface area contributed by atoms with E-state index in [4.69, 9.17) is 4.74 Å². The molecule has 0 radical (unpaired) electrons. The first-order valence-electron chi connectivity index (χ1n) is 11.1. The zero-order valence-corrected chi connectivity index (χ0v) is 17.5. The number of halogens is 3. The van der Waals surface area contributed by atoms with E-state index in [2.05, 4.69) is 10.3 Å². The zero-order chi connectivity index (χ0) is 22.3. The number of alkyl halides is 3. The molecular formula is C25H25F3N2O2. The molecule has 0 spiro atoms. The monoisotopic (exact) mass is 442 g/mol. The van der Waals surface area contributed by atoms with E-state index in [1.54, 1.807) is 12.1 Å². The summed E-state index contributed by atoms with van der Waals surface area (Å²) in [4.78, 5) is 15.7. The van der Waals surface area contributed by atoms with Crippen molar-refractivity contribution in [2.24, 2.45) is 5.92 Å². The highest BCUT2D eigenvalue weighted by molar-refractivity contribution is 6.02. The van der Waals surface area contributed by atoms with Crippen LogP contribution in [0.4, 0.5) is 18.9 Å². The minimum Gasteiger partial charge on any atom is -0.490 e. The van der Waals surface area contributed by atoms with E-state index in [0.717, 1.165) is 78.6 Å². The first-order chi connectivity index (χ1) is 15.4. The Balaban J connectivity index is 1.21. The minimum atomic E-state index is -4.31. The number of amides is 1. The Morgan fingerprint density at radius 2 is 1.75 bits per heavy atom. The van der Waals surface area contributed by atoms with Crippen LogP contribution >= 0.6 is 0 Å². The quantitative estimate of drug-likeness (QED) is 0.465. The van der Waals surface area contributed by atoms with Gasteiger partial charge in [-0.05, 0) is 67.5 Å². The molecule has 7 heteroatoms. The van der Waals surface area contributed by atoms with Crippen LogP contribution in [-0.2, 0) is 11.0 Å². The van der Waals surface area contributed by atoms with Crippen LogP contribution in [-0.4, -0.2) is 17.0 Å². The molecule has 2 fully saturated rings. The van der Waals surface area contributed by atoms with Crippen molar-refractivity contribution in [3.05, 3.63) is 59.8 Å². The molecule has 0 bridgehead atoms. The summed E-state index contributed by atoms with van der Waals surface area (Å²) in [6.07, 6.45) is 3.17. The molecule has 2 aliphatic rings. The molecule has 1 aromatic heterocycles. The van der Waals surface area contributed by atoms with Gasteiger partial charge in [-0.2, -0.15) is 13.2 Å². The Morgan fingerprint density at radius 3 is 2.44 bits per heavy atom. The molecular weight excluding hydrogens is 417 g/mol. The third-order valence-electron chi connectivity index (χ3n) is 6.74. The van der Waals surface area contributed by atoms with Gasteiger partial charge in [-0.15, -0.1) is 0 Å². The standard InChI is InChI=1S/C25H25F3N2O2/c26-25(27,28)18-7-5-15(6-8-18)17-11-20(12-17)32-19-9-10-22-21(13-19)23(14-29-22)30-24(31)16-3-1-2-4-16/h5-10,13-14,16-17,20,29H,1-4,11-12H2,(H,30,31)/t17-,20-. The van der Waals surface area contributed by atoms with Crippen molar-refractivity contribution in [2.75, 3.05) is 5.32 Å². The number of aromatic nitrogens is 1. The molecule has 2 aromatic carbocycles. The minimum absolute atomic E-state index is 0.0233. The Hall–Kier alpha value is -2.96. The summed E-state index contributed by atoms with van der Waals surface area (Å²) < 4.78 is 44.3. The first kappa shape index (κ1) is 20.9. The van der Waals surface area contributed by atoms with E-state index in [-0.39, 0.29) is 23.8 Å². The largest absolute Gasteiger partial charge is 0.490 e. The number of hydrogen-bond donors (Lipinski definition) is 2. The molecule has 0 atom stereocenters. The second-order valence-electron chi connectivity index (χ2n) is 8.91. The van der Waals surface area contributed by atoms with Gasteiger partial charge >= 0.3 is 6.18 Å². The lowest BCUT2D eigenvalue weighted by Gasteiger charge is -2.35. The summed E-state index contributed by atoms with van der Waals surface area (Å²) in [5, 5.41) is 3.96. The maximum Gasteiger partial charge on any atom is 0.416 e. The van der Waals surface area contributed by atoms with Crippen molar-refractivity contribution in [1.29, 1.82) is 0 Å². The Labute approximate surface area is 184 Å². The van der Waals surface area contributed by atoms with Gasteiger partial charge in [0, 0.05) is 23.0 Å². The maximum atomic E-state index is 12.7. The number of aromatic amines is 1. The SMILES string of the molecule is O=C(Nc1c[nH]c2ccc(O[C@H]3C[C@H](c4ccc(C(F)(F)F)cc4)C3)cc12)C1CCCC1. The van der Waals surface area contributed by atoms with Crippen LogP contribution in [0.5, 0.6) is 5.75 Å². The van der Waals surface area contributed by atoms with Crippen molar-refractivity contribution >= 4 is 22.5 Å². The predicted octanol–water partition coefficient (Wildman–Crippen LogP) is 6.64. The average Bonchev–Trinajstić information content (AvgIpc) is 3.40. The van der Waals surface area contributed by atoms with Crippen LogP contribution in [0.3, 0.4) is 0 Å². The van der Waals surface area contributed by atoms with Gasteiger partial charge in [0.1, 0.15) is 5.75 Å². The molecule has 2 aliphatic carbocycles. The number of H-pyrrole nitrogens is 1. The van der Waals surface area contributed by atoms with Crippen molar-refractivity contribution in [3.8, 4) is 5.75 Å². The third-order valence-corrected chi connectivity index (χ3v) is 6.74. The number of nitrogens with one attached hydrogen (secondary N) is 2. The van der Waals surface area contributed by atoms with Crippen LogP contribution in [0.15, 0.2) is 48.7 Å². The van der Waals surface area contributed by atoms with Gasteiger partial charge in [0.15, 0.2) is 0 Å². The second-order valence-corrected chi connectivity index (χ2v) is 8.91. The lowest BCUT2D eigenvalue weighted by atomic mass is 9.77. The third kappa shape index (κ3) is 4.20. The Bertz CT molecular complexity index is 1110. The summed E-state index contributed by atoms with van der Waals surface area (Å²) in [5.74, 6) is 1.11. The summed E-state index contributed by atoms with van der Waals surface area (Å²) in [5.41, 5.74) is 1.98. The van der Waals surface area contributed by atoms with Gasteiger partial charge in [0.05, 0.1) is 17.4 Å². The highest BCUT2D eigenvalue weighted by Gasteiger charge is 2.34. The molecule has 0 unspecified atom stereocenters. The summed E-state index contributed by atoms with van der Waals surface area (Å²) in [6.45, 7) is 0. The number of benzene rings is 2. The second kappa shape index (κ2) is 8.19. The number of ether oxygens (including phenoxy) is 1. The van der Waals surface area contributed by atoms with Crippen LogP contribution in [0.1, 0.15) is 55.6 Å². The Morgan fingerprint density at radius 1 is 1.03 bits per heavy atom. The lowest BCUT2D eigenvalue weighted by Crippen LogP contribution is -2.32. The van der Waals surface area contributed by atoms with E-state index in [1.807, 2.05) is 24.4 Å². The molecule has 2 saturated carbocycles. The van der Waals surface area contributed by atoms with Crippen LogP contribution in [0.25, 0.3) is 10.9 Å². The van der Waals surface area contributed by atoms with E-state index in [0.29, 0.717) is 0 Å². The fourth-order valence-corrected chi connectivity index (χ4v) is 4.77. The van der Waals surface area contributed by atoms with Crippen LogP contribution < -0.4 is 10.1 Å². The number of fused-ring (bicyclic) bond motifs is 1. The average molecular weight is 442 g/mol. The molecule has 0 saturated heterocycles. The van der Waals surface area contributed by atoms with Gasteiger partial charge in [0.25, 0.3) is 0 Å². The predicted molar refractivity (Wildman–Crippen MR) is 117 cm³/mol. The van der Waals surface area contributed by atoms with Gasteiger partial charge in [0.2, 0.25) is 5.91 Å².